The summed E-state index contributed by atoms with van der Waals surface area (Å²) < 4.78 is 0. The van der Waals surface area contributed by atoms with E-state index in [4.69, 9.17) is 0 Å². The van der Waals surface area contributed by atoms with Gasteiger partial charge in [0.2, 0.25) is 0 Å². The molecule has 0 aromatic heterocycles. The van der Waals surface area contributed by atoms with E-state index < -0.39 is 0 Å². The van der Waals surface area contributed by atoms with Crippen LogP contribution in [0.2, 0.25) is 0 Å². The molecule has 0 bridgehead atoms. The van der Waals surface area contributed by atoms with Crippen LogP contribution in [0, 0.1) is 35.0 Å². The Morgan fingerprint density at radius 3 is 2.00 bits per heavy atom. The smallest absolute Gasteiger partial charge is 0.0205 e. The van der Waals surface area contributed by atoms with Gasteiger partial charge < -0.3 is 9.80 Å². The van der Waals surface area contributed by atoms with Gasteiger partial charge in [-0.15, -0.1) is 0 Å². The maximum absolute atomic E-state index is 2.89. The Kier molecular flexibility index (Phi) is 11.9. The van der Waals surface area contributed by atoms with Crippen LogP contribution in [0.3, 0.4) is 0 Å². The van der Waals surface area contributed by atoms with Crippen molar-refractivity contribution in [3.05, 3.63) is 0 Å². The van der Waals surface area contributed by atoms with Crippen molar-refractivity contribution < 1.29 is 0 Å². The molecule has 256 valence electrons. The highest BCUT2D eigenvalue weighted by Gasteiger charge is 2.50. The van der Waals surface area contributed by atoms with Gasteiger partial charge in [0.05, 0.1) is 0 Å². The highest BCUT2D eigenvalue weighted by molar-refractivity contribution is 5.04. The molecule has 0 aliphatic carbocycles. The van der Waals surface area contributed by atoms with Crippen molar-refractivity contribution in [2.45, 2.75) is 144 Å². The number of piperidine rings is 3. The average molecular weight is 614 g/mol. The fourth-order valence-electron chi connectivity index (χ4n) is 10.3. The van der Waals surface area contributed by atoms with E-state index in [2.05, 4.69) is 86.8 Å². The average Bonchev–Trinajstić information content (AvgIpc) is 2.93. The molecular weight excluding hydrogens is 538 g/mol. The Balaban J connectivity index is 0.969. The van der Waals surface area contributed by atoms with Crippen molar-refractivity contribution in [2.24, 2.45) is 35.0 Å². The number of likely N-dealkylation sites (tertiary alicyclic amines) is 5. The zero-order valence-corrected chi connectivity index (χ0v) is 31.0. The molecule has 44 heavy (non-hydrogen) atoms. The quantitative estimate of drug-likeness (QED) is 0.218. The van der Waals surface area contributed by atoms with Gasteiger partial charge in [0.25, 0.3) is 0 Å². The molecule has 0 amide bonds. The van der Waals surface area contributed by atoms with Crippen LogP contribution in [0.4, 0.5) is 0 Å². The molecule has 5 aliphatic rings. The first-order chi connectivity index (χ1) is 20.9. The van der Waals surface area contributed by atoms with Crippen LogP contribution in [0.25, 0.3) is 0 Å². The minimum Gasteiger partial charge on any atom is -0.303 e. The summed E-state index contributed by atoms with van der Waals surface area (Å²) in [6.07, 6.45) is 12.8. The summed E-state index contributed by atoms with van der Waals surface area (Å²) in [6, 6.07) is 2.27. The van der Waals surface area contributed by atoms with Crippen LogP contribution >= 0.6 is 0 Å². The molecule has 5 nitrogen and oxygen atoms in total. The highest BCUT2D eigenvalue weighted by Crippen LogP contribution is 2.45. The van der Waals surface area contributed by atoms with Crippen LogP contribution in [0.5, 0.6) is 0 Å². The van der Waals surface area contributed by atoms with E-state index in [0.717, 1.165) is 47.7 Å². The number of hydrogen-bond acceptors (Lipinski definition) is 5. The van der Waals surface area contributed by atoms with Gasteiger partial charge in [0, 0.05) is 62.3 Å². The van der Waals surface area contributed by atoms with E-state index in [1.54, 1.807) is 0 Å². The molecule has 5 saturated heterocycles. The van der Waals surface area contributed by atoms with Crippen LogP contribution in [0.1, 0.15) is 120 Å². The first kappa shape index (κ1) is 35.1. The molecule has 1 spiro atoms. The third kappa shape index (κ3) is 8.26. The maximum Gasteiger partial charge on any atom is 0.0205 e. The van der Waals surface area contributed by atoms with E-state index in [-0.39, 0.29) is 0 Å². The SMILES string of the molecule is CCN1CC(C(C)(C)N2CCC3(CC2)CN(C(C)CCC(C)C2CC(C)N(CCC4CCN(CC(C)C)CC4)C(C)C2)C3)C1. The third-order valence-corrected chi connectivity index (χ3v) is 14.1. The fourth-order valence-corrected chi connectivity index (χ4v) is 10.3. The van der Waals surface area contributed by atoms with Crippen LogP contribution < -0.4 is 0 Å². The molecule has 5 aliphatic heterocycles. The summed E-state index contributed by atoms with van der Waals surface area (Å²) in [6.45, 7) is 36.8. The summed E-state index contributed by atoms with van der Waals surface area (Å²) in [7, 11) is 0. The molecule has 5 heteroatoms. The Morgan fingerprint density at radius 1 is 0.818 bits per heavy atom. The summed E-state index contributed by atoms with van der Waals surface area (Å²) in [5.74, 6) is 4.40. The number of nitrogens with zero attached hydrogens (tertiary/aromatic N) is 5. The second-order valence-corrected chi connectivity index (χ2v) is 18.1. The molecule has 5 heterocycles. The lowest BCUT2D eigenvalue weighted by atomic mass is 9.69. The van der Waals surface area contributed by atoms with Gasteiger partial charge in [0.15, 0.2) is 0 Å². The van der Waals surface area contributed by atoms with Gasteiger partial charge in [-0.2, -0.15) is 0 Å². The zero-order valence-electron chi connectivity index (χ0n) is 31.0. The van der Waals surface area contributed by atoms with Gasteiger partial charge in [-0.3, -0.25) is 14.7 Å². The van der Waals surface area contributed by atoms with Crippen molar-refractivity contribution in [1.82, 2.24) is 24.5 Å². The Labute approximate surface area is 274 Å². The van der Waals surface area contributed by atoms with E-state index in [1.807, 2.05) is 0 Å². The lowest BCUT2D eigenvalue weighted by Crippen LogP contribution is -2.67. The molecule has 0 N–H and O–H groups in total. The Morgan fingerprint density at radius 2 is 1.43 bits per heavy atom. The van der Waals surface area contributed by atoms with Crippen molar-refractivity contribution in [2.75, 3.05) is 72.0 Å². The van der Waals surface area contributed by atoms with E-state index in [1.165, 1.54) is 130 Å². The molecule has 0 saturated carbocycles. The molecule has 5 rings (SSSR count). The molecule has 0 radical (unpaired) electrons. The third-order valence-electron chi connectivity index (χ3n) is 14.1. The summed E-state index contributed by atoms with van der Waals surface area (Å²) >= 11 is 0. The van der Waals surface area contributed by atoms with Crippen LogP contribution in [0.15, 0.2) is 0 Å². The van der Waals surface area contributed by atoms with Gasteiger partial charge >= 0.3 is 0 Å². The molecule has 4 atom stereocenters. The summed E-state index contributed by atoms with van der Waals surface area (Å²) in [4.78, 5) is 13.9. The maximum atomic E-state index is 2.89. The summed E-state index contributed by atoms with van der Waals surface area (Å²) in [5, 5.41) is 0. The minimum atomic E-state index is 0.371. The first-order valence-electron chi connectivity index (χ1n) is 19.6. The van der Waals surface area contributed by atoms with Crippen molar-refractivity contribution in [3.63, 3.8) is 0 Å². The van der Waals surface area contributed by atoms with Gasteiger partial charge in [-0.05, 0) is 161 Å². The van der Waals surface area contributed by atoms with Crippen molar-refractivity contribution in [3.8, 4) is 0 Å². The molecular formula is C39H75N5. The summed E-state index contributed by atoms with van der Waals surface area (Å²) in [5.41, 5.74) is 1.00. The second-order valence-electron chi connectivity index (χ2n) is 18.1. The van der Waals surface area contributed by atoms with E-state index in [0.29, 0.717) is 11.0 Å². The normalized spacial score (nSPS) is 32.2. The Hall–Kier alpha value is -0.200. The van der Waals surface area contributed by atoms with Crippen LogP contribution in [-0.4, -0.2) is 120 Å². The monoisotopic (exact) mass is 614 g/mol. The Bertz CT molecular complexity index is 846. The van der Waals surface area contributed by atoms with Gasteiger partial charge in [-0.25, -0.2) is 0 Å². The highest BCUT2D eigenvalue weighted by atomic mass is 15.3. The van der Waals surface area contributed by atoms with Crippen LogP contribution in [-0.2, 0) is 0 Å². The standard InChI is InChI=1S/C39H75N5/c1-10-40-26-37(27-40)38(8,9)43-21-16-39(17-22-43)28-42(29-39)32(5)12-11-31(4)36-23-33(6)44(34(7)24-36)20-15-35-13-18-41(19-14-35)25-30(2)3/h30-37H,10-29H2,1-9H3. The minimum absolute atomic E-state index is 0.371. The zero-order chi connectivity index (χ0) is 31.6. The molecule has 5 fully saturated rings. The first-order valence-corrected chi connectivity index (χ1v) is 19.6. The fraction of sp³-hybridized carbons (Fsp3) is 1.00. The molecule has 4 unspecified atom stereocenters. The van der Waals surface area contributed by atoms with Crippen molar-refractivity contribution in [1.29, 1.82) is 0 Å². The number of hydrogen-bond donors (Lipinski definition) is 0. The van der Waals surface area contributed by atoms with E-state index in [9.17, 15) is 0 Å². The predicted molar refractivity (Wildman–Crippen MR) is 189 cm³/mol. The topological polar surface area (TPSA) is 16.2 Å². The number of rotatable bonds is 13. The largest absolute Gasteiger partial charge is 0.303 e. The van der Waals surface area contributed by atoms with Crippen molar-refractivity contribution >= 4 is 0 Å². The lowest BCUT2D eigenvalue weighted by molar-refractivity contribution is -0.101. The predicted octanol–water partition coefficient (Wildman–Crippen LogP) is 7.17. The second kappa shape index (κ2) is 14.9. The lowest BCUT2D eigenvalue weighted by Gasteiger charge is -2.60. The van der Waals surface area contributed by atoms with Gasteiger partial charge in [-0.1, -0.05) is 27.7 Å². The molecule has 0 aromatic carbocycles. The molecule has 0 aromatic rings. The van der Waals surface area contributed by atoms with E-state index >= 15 is 0 Å². The van der Waals surface area contributed by atoms with Gasteiger partial charge in [0.1, 0.15) is 0 Å².